The first-order chi connectivity index (χ1) is 12.2. The molecule has 1 saturated heterocycles. The van der Waals surface area contributed by atoms with Crippen molar-refractivity contribution in [3.05, 3.63) is 11.8 Å². The Balaban J connectivity index is 1.87. The summed E-state index contributed by atoms with van der Waals surface area (Å²) in [6.45, 7) is 4.28. The third kappa shape index (κ3) is 3.84. The van der Waals surface area contributed by atoms with Gasteiger partial charge in [-0.1, -0.05) is 13.8 Å². The number of imide groups is 1. The van der Waals surface area contributed by atoms with Crippen molar-refractivity contribution in [3.8, 4) is 0 Å². The zero-order chi connectivity index (χ0) is 19.5. The Hall–Kier alpha value is -2.91. The molecule has 0 saturated carbocycles. The number of aromatic nitrogens is 2. The van der Waals surface area contributed by atoms with Crippen molar-refractivity contribution in [1.29, 1.82) is 0 Å². The third-order valence-corrected chi connectivity index (χ3v) is 4.37. The molecule has 0 radical (unpaired) electrons. The Bertz CT molecular complexity index is 737. The number of urea groups is 1. The highest BCUT2D eigenvalue weighted by atomic mass is 16.5. The molecular formula is C16H23N5O5. The van der Waals surface area contributed by atoms with E-state index in [-0.39, 0.29) is 0 Å². The van der Waals surface area contributed by atoms with Gasteiger partial charge in [-0.25, -0.2) is 4.79 Å². The van der Waals surface area contributed by atoms with Gasteiger partial charge in [-0.05, 0) is 19.8 Å². The number of anilines is 1. The van der Waals surface area contributed by atoms with Crippen LogP contribution in [0.15, 0.2) is 6.07 Å². The Kier molecular flexibility index (Phi) is 5.63. The van der Waals surface area contributed by atoms with Crippen molar-refractivity contribution < 1.29 is 23.9 Å². The fourth-order valence-corrected chi connectivity index (χ4v) is 2.78. The van der Waals surface area contributed by atoms with Crippen molar-refractivity contribution in [2.24, 2.45) is 7.05 Å². The lowest BCUT2D eigenvalue weighted by atomic mass is 9.93. The molecule has 1 aromatic rings. The number of nitrogens with zero attached hydrogens (tertiary/aromatic N) is 3. The largest absolute Gasteiger partial charge is 0.454 e. The molecule has 0 unspecified atom stereocenters. The van der Waals surface area contributed by atoms with Gasteiger partial charge < -0.3 is 15.4 Å². The van der Waals surface area contributed by atoms with Crippen LogP contribution in [-0.4, -0.2) is 57.2 Å². The molecule has 142 valence electrons. The molecule has 26 heavy (non-hydrogen) atoms. The van der Waals surface area contributed by atoms with Gasteiger partial charge in [0.1, 0.15) is 17.9 Å². The van der Waals surface area contributed by atoms with Crippen LogP contribution >= 0.6 is 0 Å². The molecule has 4 amide bonds. The maximum absolute atomic E-state index is 12.4. The summed E-state index contributed by atoms with van der Waals surface area (Å²) in [4.78, 5) is 49.0. The minimum atomic E-state index is -0.980. The minimum absolute atomic E-state index is 0.423. The van der Waals surface area contributed by atoms with E-state index in [2.05, 4.69) is 15.7 Å². The highest BCUT2D eigenvalue weighted by Gasteiger charge is 2.49. The van der Waals surface area contributed by atoms with Gasteiger partial charge in [-0.2, -0.15) is 5.10 Å². The van der Waals surface area contributed by atoms with E-state index in [1.165, 1.54) is 4.68 Å². The molecule has 0 atom stereocenters. The first-order valence-electron chi connectivity index (χ1n) is 8.32. The standard InChI is InChI=1S/C16H23N5O5/c1-5-16(6-2)14(24)21(15(25)18-16)8-13(23)26-9-12(22)17-11-7-10(3)19-20(11)4/h7H,5-6,8-9H2,1-4H3,(H,17,22)(H,18,25). The molecule has 0 aliphatic carbocycles. The van der Waals surface area contributed by atoms with Crippen molar-refractivity contribution in [3.63, 3.8) is 0 Å². The molecule has 10 nitrogen and oxygen atoms in total. The van der Waals surface area contributed by atoms with E-state index in [0.29, 0.717) is 18.7 Å². The van der Waals surface area contributed by atoms with Gasteiger partial charge in [0.25, 0.3) is 11.8 Å². The van der Waals surface area contributed by atoms with E-state index >= 15 is 0 Å². The van der Waals surface area contributed by atoms with Crippen LogP contribution in [-0.2, 0) is 26.2 Å². The summed E-state index contributed by atoms with van der Waals surface area (Å²) in [5.41, 5.74) is -0.250. The van der Waals surface area contributed by atoms with E-state index < -0.39 is 42.5 Å². The number of carbonyl (C=O) groups excluding carboxylic acids is 4. The van der Waals surface area contributed by atoms with Crippen molar-refractivity contribution in [2.75, 3.05) is 18.5 Å². The Labute approximate surface area is 150 Å². The summed E-state index contributed by atoms with van der Waals surface area (Å²) in [6, 6.07) is 1.03. The SMILES string of the molecule is CCC1(CC)NC(=O)N(CC(=O)OCC(=O)Nc2cc(C)nn2C)C1=O. The van der Waals surface area contributed by atoms with E-state index in [1.54, 1.807) is 33.9 Å². The lowest BCUT2D eigenvalue weighted by Gasteiger charge is -2.22. The molecule has 1 aliphatic rings. The van der Waals surface area contributed by atoms with Gasteiger partial charge in [-0.3, -0.25) is 24.0 Å². The number of hydrogen-bond donors (Lipinski definition) is 2. The van der Waals surface area contributed by atoms with Crippen LogP contribution in [0.25, 0.3) is 0 Å². The molecule has 0 spiro atoms. The predicted molar refractivity (Wildman–Crippen MR) is 91.1 cm³/mol. The number of rotatable bonds is 7. The van der Waals surface area contributed by atoms with Crippen molar-refractivity contribution in [1.82, 2.24) is 20.0 Å². The number of esters is 1. The lowest BCUT2D eigenvalue weighted by Crippen LogP contribution is -2.46. The number of nitrogens with one attached hydrogen (secondary N) is 2. The number of aryl methyl sites for hydroxylation is 2. The Morgan fingerprint density at radius 2 is 1.96 bits per heavy atom. The molecule has 10 heteroatoms. The van der Waals surface area contributed by atoms with Crippen LogP contribution in [0.5, 0.6) is 0 Å². The maximum atomic E-state index is 12.4. The average Bonchev–Trinajstić information content (AvgIpc) is 3.03. The Morgan fingerprint density at radius 1 is 1.31 bits per heavy atom. The quantitative estimate of drug-likeness (QED) is 0.530. The number of ether oxygens (including phenoxy) is 1. The second-order valence-electron chi connectivity index (χ2n) is 6.11. The second-order valence-corrected chi connectivity index (χ2v) is 6.11. The van der Waals surface area contributed by atoms with E-state index in [9.17, 15) is 19.2 Å². The van der Waals surface area contributed by atoms with Crippen LogP contribution in [0.1, 0.15) is 32.4 Å². The van der Waals surface area contributed by atoms with Crippen LogP contribution in [0.3, 0.4) is 0 Å². The maximum Gasteiger partial charge on any atom is 0.326 e. The van der Waals surface area contributed by atoms with Gasteiger partial charge >= 0.3 is 12.0 Å². The molecule has 1 aromatic heterocycles. The van der Waals surface area contributed by atoms with Crippen molar-refractivity contribution >= 4 is 29.6 Å². The summed E-state index contributed by atoms with van der Waals surface area (Å²) < 4.78 is 6.35. The summed E-state index contributed by atoms with van der Waals surface area (Å²) in [5.74, 6) is -1.38. The minimum Gasteiger partial charge on any atom is -0.454 e. The molecule has 2 N–H and O–H groups in total. The molecule has 2 heterocycles. The molecule has 1 aliphatic heterocycles. The molecule has 2 rings (SSSR count). The summed E-state index contributed by atoms with van der Waals surface area (Å²) in [6.07, 6.45) is 0.846. The molecule has 0 aromatic carbocycles. The van der Waals surface area contributed by atoms with Crippen LogP contribution in [0.4, 0.5) is 10.6 Å². The van der Waals surface area contributed by atoms with E-state index in [0.717, 1.165) is 10.6 Å². The zero-order valence-corrected chi connectivity index (χ0v) is 15.3. The van der Waals surface area contributed by atoms with Gasteiger partial charge in [0, 0.05) is 13.1 Å². The van der Waals surface area contributed by atoms with Gasteiger partial charge in [0.2, 0.25) is 0 Å². The van der Waals surface area contributed by atoms with Gasteiger partial charge in [0.15, 0.2) is 6.61 Å². The number of amides is 4. The third-order valence-electron chi connectivity index (χ3n) is 4.37. The molecule has 0 bridgehead atoms. The monoisotopic (exact) mass is 365 g/mol. The lowest BCUT2D eigenvalue weighted by molar-refractivity contribution is -0.150. The van der Waals surface area contributed by atoms with Gasteiger partial charge in [-0.15, -0.1) is 0 Å². The predicted octanol–water partition coefficient (Wildman–Crippen LogP) is 0.321. The first kappa shape index (κ1) is 19.4. The summed E-state index contributed by atoms with van der Waals surface area (Å²) in [5, 5.41) is 9.25. The fraction of sp³-hybridized carbons (Fsp3) is 0.562. The summed E-state index contributed by atoms with van der Waals surface area (Å²) in [7, 11) is 1.67. The molecular weight excluding hydrogens is 342 g/mol. The van der Waals surface area contributed by atoms with Crippen LogP contribution in [0.2, 0.25) is 0 Å². The van der Waals surface area contributed by atoms with Crippen LogP contribution in [0, 0.1) is 6.92 Å². The van der Waals surface area contributed by atoms with Crippen LogP contribution < -0.4 is 10.6 Å². The highest BCUT2D eigenvalue weighted by molar-refractivity contribution is 6.08. The van der Waals surface area contributed by atoms with Crippen molar-refractivity contribution in [2.45, 2.75) is 39.2 Å². The number of hydrogen-bond acceptors (Lipinski definition) is 6. The number of carbonyl (C=O) groups is 4. The second kappa shape index (κ2) is 7.54. The normalized spacial score (nSPS) is 15.8. The van der Waals surface area contributed by atoms with E-state index in [4.69, 9.17) is 4.74 Å². The Morgan fingerprint density at radius 3 is 2.46 bits per heavy atom. The zero-order valence-electron chi connectivity index (χ0n) is 15.3. The smallest absolute Gasteiger partial charge is 0.326 e. The highest BCUT2D eigenvalue weighted by Crippen LogP contribution is 2.24. The summed E-state index contributed by atoms with van der Waals surface area (Å²) >= 11 is 0. The molecule has 1 fully saturated rings. The fourth-order valence-electron chi connectivity index (χ4n) is 2.78. The first-order valence-corrected chi connectivity index (χ1v) is 8.32. The van der Waals surface area contributed by atoms with E-state index in [1.807, 2.05) is 0 Å². The van der Waals surface area contributed by atoms with Gasteiger partial charge in [0.05, 0.1) is 5.69 Å². The average molecular weight is 365 g/mol. The topological polar surface area (TPSA) is 123 Å².